The van der Waals surface area contributed by atoms with Gasteiger partial charge in [-0.1, -0.05) is 6.07 Å². The number of carbonyl (C=O) groups excluding carboxylic acids is 3. The Bertz CT molecular complexity index is 889. The summed E-state index contributed by atoms with van der Waals surface area (Å²) in [5.74, 6) is 0.0898. The SMILES string of the molecule is COc1ccc(C(=O)CN2C(=O)S/C(=C\c3cccs3)C2=O)cc1OC. The molecule has 1 aromatic heterocycles. The lowest BCUT2D eigenvalue weighted by molar-refractivity contribution is -0.122. The second-order valence-electron chi connectivity index (χ2n) is 5.28. The van der Waals surface area contributed by atoms with Gasteiger partial charge in [0.15, 0.2) is 17.3 Å². The highest BCUT2D eigenvalue weighted by Gasteiger charge is 2.36. The van der Waals surface area contributed by atoms with E-state index in [1.807, 2.05) is 17.5 Å². The van der Waals surface area contributed by atoms with E-state index in [2.05, 4.69) is 0 Å². The van der Waals surface area contributed by atoms with Gasteiger partial charge in [-0.2, -0.15) is 0 Å². The minimum absolute atomic E-state index is 0.317. The fourth-order valence-corrected chi connectivity index (χ4v) is 3.94. The maximum absolute atomic E-state index is 12.5. The average molecular weight is 389 g/mol. The predicted molar refractivity (Wildman–Crippen MR) is 101 cm³/mol. The van der Waals surface area contributed by atoms with Crippen molar-refractivity contribution in [3.05, 3.63) is 51.1 Å². The first-order valence-electron chi connectivity index (χ1n) is 7.57. The van der Waals surface area contributed by atoms with Gasteiger partial charge in [-0.15, -0.1) is 11.3 Å². The Morgan fingerprint density at radius 1 is 1.15 bits per heavy atom. The number of thioether (sulfide) groups is 1. The number of hydrogen-bond donors (Lipinski definition) is 0. The summed E-state index contributed by atoms with van der Waals surface area (Å²) in [5.41, 5.74) is 0.337. The largest absolute Gasteiger partial charge is 0.493 e. The zero-order valence-corrected chi connectivity index (χ0v) is 15.7. The van der Waals surface area contributed by atoms with Gasteiger partial charge in [-0.25, -0.2) is 0 Å². The summed E-state index contributed by atoms with van der Waals surface area (Å²) in [5, 5.41) is 1.43. The zero-order valence-electron chi connectivity index (χ0n) is 14.1. The number of carbonyl (C=O) groups is 3. The molecule has 1 saturated heterocycles. The van der Waals surface area contributed by atoms with Crippen LogP contribution in [0, 0.1) is 0 Å². The normalized spacial score (nSPS) is 15.6. The van der Waals surface area contributed by atoms with Gasteiger partial charge in [-0.05, 0) is 47.5 Å². The molecule has 2 heterocycles. The van der Waals surface area contributed by atoms with E-state index in [9.17, 15) is 14.4 Å². The molecule has 8 heteroatoms. The van der Waals surface area contributed by atoms with Gasteiger partial charge in [0.2, 0.25) is 0 Å². The Labute approximate surface area is 158 Å². The minimum atomic E-state index is -0.456. The third kappa shape index (κ3) is 3.66. The Morgan fingerprint density at radius 3 is 2.58 bits per heavy atom. The number of rotatable bonds is 6. The van der Waals surface area contributed by atoms with Crippen molar-refractivity contribution in [1.82, 2.24) is 4.90 Å². The van der Waals surface area contributed by atoms with E-state index < -0.39 is 11.1 Å². The Morgan fingerprint density at radius 2 is 1.92 bits per heavy atom. The third-order valence-corrected chi connectivity index (χ3v) is 5.42. The van der Waals surface area contributed by atoms with Crippen LogP contribution < -0.4 is 9.47 Å². The molecular formula is C18H15NO5S2. The molecule has 2 amide bonds. The summed E-state index contributed by atoms with van der Waals surface area (Å²) in [4.78, 5) is 39.3. The molecule has 1 fully saturated rings. The van der Waals surface area contributed by atoms with Crippen LogP contribution in [-0.2, 0) is 4.79 Å². The summed E-state index contributed by atoms with van der Waals surface area (Å²) >= 11 is 2.31. The molecule has 0 unspecified atom stereocenters. The maximum atomic E-state index is 12.5. The number of ketones is 1. The number of thiophene rings is 1. The summed E-state index contributed by atoms with van der Waals surface area (Å²) < 4.78 is 10.3. The van der Waals surface area contributed by atoms with Gasteiger partial charge < -0.3 is 9.47 Å². The molecule has 1 aliphatic rings. The van der Waals surface area contributed by atoms with Gasteiger partial charge in [0, 0.05) is 10.4 Å². The number of amides is 2. The molecule has 0 atom stereocenters. The summed E-state index contributed by atoms with van der Waals surface area (Å²) in [6.07, 6.45) is 1.66. The van der Waals surface area contributed by atoms with E-state index >= 15 is 0 Å². The van der Waals surface area contributed by atoms with Crippen molar-refractivity contribution in [2.45, 2.75) is 0 Å². The smallest absolute Gasteiger partial charge is 0.293 e. The van der Waals surface area contributed by atoms with Crippen molar-refractivity contribution < 1.29 is 23.9 Å². The van der Waals surface area contributed by atoms with Gasteiger partial charge in [0.05, 0.1) is 25.7 Å². The van der Waals surface area contributed by atoms with E-state index in [1.165, 1.54) is 31.6 Å². The highest BCUT2D eigenvalue weighted by molar-refractivity contribution is 8.18. The van der Waals surface area contributed by atoms with Crippen LogP contribution in [0.25, 0.3) is 6.08 Å². The number of methoxy groups -OCH3 is 2. The standard InChI is InChI=1S/C18H15NO5S2/c1-23-14-6-5-11(8-15(14)24-2)13(20)10-19-17(21)16(26-18(19)22)9-12-4-3-7-25-12/h3-9H,10H2,1-2H3/b16-9-. The number of ether oxygens (including phenoxy) is 2. The Balaban J connectivity index is 1.77. The molecular weight excluding hydrogens is 374 g/mol. The molecule has 0 bridgehead atoms. The van der Waals surface area contributed by atoms with Crippen LogP contribution in [0.5, 0.6) is 11.5 Å². The highest BCUT2D eigenvalue weighted by atomic mass is 32.2. The molecule has 2 aromatic rings. The van der Waals surface area contributed by atoms with E-state index in [0.29, 0.717) is 22.0 Å². The second-order valence-corrected chi connectivity index (χ2v) is 7.25. The number of hydrogen-bond acceptors (Lipinski definition) is 7. The van der Waals surface area contributed by atoms with Crippen molar-refractivity contribution in [2.75, 3.05) is 20.8 Å². The van der Waals surface area contributed by atoms with Crippen LogP contribution in [0.1, 0.15) is 15.2 Å². The third-order valence-electron chi connectivity index (χ3n) is 3.70. The highest BCUT2D eigenvalue weighted by Crippen LogP contribution is 2.33. The van der Waals surface area contributed by atoms with Crippen LogP contribution in [0.15, 0.2) is 40.6 Å². The average Bonchev–Trinajstić information content (AvgIpc) is 3.25. The van der Waals surface area contributed by atoms with Gasteiger partial charge >= 0.3 is 0 Å². The molecule has 0 radical (unpaired) electrons. The molecule has 0 spiro atoms. The molecule has 0 N–H and O–H groups in total. The number of nitrogens with zero attached hydrogens (tertiary/aromatic N) is 1. The molecule has 1 aromatic carbocycles. The van der Waals surface area contributed by atoms with Gasteiger partial charge in [0.1, 0.15) is 0 Å². The van der Waals surface area contributed by atoms with E-state index in [-0.39, 0.29) is 12.3 Å². The monoisotopic (exact) mass is 389 g/mol. The number of benzene rings is 1. The fraction of sp³-hybridized carbons (Fsp3) is 0.167. The first kappa shape index (κ1) is 18.2. The fourth-order valence-electron chi connectivity index (χ4n) is 2.38. The molecule has 134 valence electrons. The minimum Gasteiger partial charge on any atom is -0.493 e. The van der Waals surface area contributed by atoms with Crippen LogP contribution in [0.3, 0.4) is 0 Å². The summed E-state index contributed by atoms with van der Waals surface area (Å²) in [6, 6.07) is 8.43. The van der Waals surface area contributed by atoms with Crippen molar-refractivity contribution in [3.8, 4) is 11.5 Å². The van der Waals surface area contributed by atoms with Crippen molar-refractivity contribution >= 4 is 46.1 Å². The molecule has 1 aliphatic heterocycles. The zero-order chi connectivity index (χ0) is 18.7. The number of Topliss-reactive ketones (excluding diaryl/α,β-unsaturated/α-hetero) is 1. The lowest BCUT2D eigenvalue weighted by Gasteiger charge is -2.13. The van der Waals surface area contributed by atoms with E-state index in [0.717, 1.165) is 21.5 Å². The van der Waals surface area contributed by atoms with E-state index in [1.54, 1.807) is 18.2 Å². The molecule has 0 saturated carbocycles. The van der Waals surface area contributed by atoms with E-state index in [4.69, 9.17) is 9.47 Å². The second kappa shape index (κ2) is 7.76. The lowest BCUT2D eigenvalue weighted by Crippen LogP contribution is -2.33. The lowest BCUT2D eigenvalue weighted by atomic mass is 10.1. The topological polar surface area (TPSA) is 72.9 Å². The predicted octanol–water partition coefficient (Wildman–Crippen LogP) is 3.68. The number of imide groups is 1. The maximum Gasteiger partial charge on any atom is 0.293 e. The Kier molecular flexibility index (Phi) is 5.43. The van der Waals surface area contributed by atoms with Crippen LogP contribution >= 0.6 is 23.1 Å². The van der Waals surface area contributed by atoms with Crippen LogP contribution in [-0.4, -0.2) is 42.6 Å². The molecule has 0 aliphatic carbocycles. The van der Waals surface area contributed by atoms with Crippen LogP contribution in [0.2, 0.25) is 0 Å². The van der Waals surface area contributed by atoms with Crippen molar-refractivity contribution in [2.24, 2.45) is 0 Å². The molecule has 3 rings (SSSR count). The quantitative estimate of drug-likeness (QED) is 0.554. The summed E-state index contributed by atoms with van der Waals surface area (Å²) in [6.45, 7) is -0.318. The Hall–Kier alpha value is -2.58. The molecule has 6 nitrogen and oxygen atoms in total. The van der Waals surface area contributed by atoms with Crippen molar-refractivity contribution in [3.63, 3.8) is 0 Å². The van der Waals surface area contributed by atoms with Crippen molar-refractivity contribution in [1.29, 1.82) is 0 Å². The first-order chi connectivity index (χ1) is 12.5. The van der Waals surface area contributed by atoms with Gasteiger partial charge in [-0.3, -0.25) is 19.3 Å². The van der Waals surface area contributed by atoms with Crippen LogP contribution in [0.4, 0.5) is 4.79 Å². The molecule has 26 heavy (non-hydrogen) atoms. The first-order valence-corrected chi connectivity index (χ1v) is 9.27. The summed E-state index contributed by atoms with van der Waals surface area (Å²) in [7, 11) is 2.97. The van der Waals surface area contributed by atoms with Gasteiger partial charge in [0.25, 0.3) is 11.1 Å².